The van der Waals surface area contributed by atoms with E-state index in [0.717, 1.165) is 11.3 Å². The molecule has 1 aromatic carbocycles. The number of benzene rings is 1. The average molecular weight is 244 g/mol. The zero-order valence-electron chi connectivity index (χ0n) is 10.5. The molecule has 2 rings (SSSR count). The van der Waals surface area contributed by atoms with Gasteiger partial charge >= 0.3 is 0 Å². The van der Waals surface area contributed by atoms with Crippen LogP contribution in [0.5, 0.6) is 11.6 Å². The maximum atomic E-state index is 9.01. The summed E-state index contributed by atoms with van der Waals surface area (Å²) in [4.78, 5) is 8.13. The number of nitrogens with zero attached hydrogens (tertiary/aromatic N) is 2. The highest BCUT2D eigenvalue weighted by molar-refractivity contribution is 5.37. The van der Waals surface area contributed by atoms with Crippen molar-refractivity contribution in [2.45, 2.75) is 26.4 Å². The topological polar surface area (TPSA) is 55.2 Å². The highest BCUT2D eigenvalue weighted by Gasteiger charge is 2.08. The molecule has 0 spiro atoms. The van der Waals surface area contributed by atoms with E-state index < -0.39 is 0 Å². The Bertz CT molecular complexity index is 527. The molecule has 1 aromatic heterocycles. The predicted octanol–water partition coefficient (Wildman–Crippen LogP) is 2.88. The largest absolute Gasteiger partial charge is 0.437 e. The van der Waals surface area contributed by atoms with Crippen LogP contribution >= 0.6 is 0 Å². The molecule has 0 atom stereocenters. The summed E-state index contributed by atoms with van der Waals surface area (Å²) in [5.41, 5.74) is 1.61. The highest BCUT2D eigenvalue weighted by Crippen LogP contribution is 2.29. The van der Waals surface area contributed by atoms with Crippen molar-refractivity contribution in [2.24, 2.45) is 0 Å². The van der Waals surface area contributed by atoms with Crippen molar-refractivity contribution in [3.8, 4) is 11.6 Å². The van der Waals surface area contributed by atoms with Gasteiger partial charge in [-0.3, -0.25) is 4.98 Å². The molecule has 0 unspecified atom stereocenters. The van der Waals surface area contributed by atoms with Gasteiger partial charge in [0.1, 0.15) is 5.75 Å². The van der Waals surface area contributed by atoms with Crippen molar-refractivity contribution in [3.63, 3.8) is 0 Å². The fraction of sp³-hybridized carbons (Fsp3) is 0.286. The van der Waals surface area contributed by atoms with Gasteiger partial charge < -0.3 is 9.84 Å². The van der Waals surface area contributed by atoms with Crippen LogP contribution in [-0.4, -0.2) is 15.1 Å². The molecular weight excluding hydrogens is 228 g/mol. The normalized spacial score (nSPS) is 10.7. The second-order valence-corrected chi connectivity index (χ2v) is 4.30. The quantitative estimate of drug-likeness (QED) is 0.898. The van der Waals surface area contributed by atoms with Gasteiger partial charge in [-0.15, -0.1) is 0 Å². The summed E-state index contributed by atoms with van der Waals surface area (Å²) in [7, 11) is 0. The Kier molecular flexibility index (Phi) is 3.89. The Morgan fingerprint density at radius 3 is 2.72 bits per heavy atom. The number of hydrogen-bond acceptors (Lipinski definition) is 4. The minimum absolute atomic E-state index is 0.143. The van der Waals surface area contributed by atoms with E-state index in [4.69, 9.17) is 9.84 Å². The number of rotatable bonds is 4. The second-order valence-electron chi connectivity index (χ2n) is 4.30. The molecule has 4 heteroatoms. The Morgan fingerprint density at radius 2 is 2.00 bits per heavy atom. The lowest BCUT2D eigenvalue weighted by Gasteiger charge is -2.12. The van der Waals surface area contributed by atoms with E-state index in [0.29, 0.717) is 17.5 Å². The number of aromatic nitrogens is 2. The fourth-order valence-electron chi connectivity index (χ4n) is 1.67. The van der Waals surface area contributed by atoms with E-state index in [1.54, 1.807) is 0 Å². The van der Waals surface area contributed by atoms with Crippen LogP contribution in [0, 0.1) is 0 Å². The Labute approximate surface area is 106 Å². The Morgan fingerprint density at radius 1 is 1.22 bits per heavy atom. The lowest BCUT2D eigenvalue weighted by atomic mass is 10.0. The minimum Gasteiger partial charge on any atom is -0.437 e. The molecule has 0 saturated carbocycles. The zero-order valence-corrected chi connectivity index (χ0v) is 10.5. The van der Waals surface area contributed by atoms with Gasteiger partial charge in [-0.05, 0) is 17.5 Å². The van der Waals surface area contributed by atoms with Crippen LogP contribution in [-0.2, 0) is 6.61 Å². The van der Waals surface area contributed by atoms with E-state index in [-0.39, 0.29) is 6.61 Å². The Balaban J connectivity index is 2.28. The standard InChI is InChI=1S/C14H16N2O2/c1-10(2)12-5-3-4-6-13(12)18-14-8-15-7-11(9-17)16-14/h3-8,10,17H,9H2,1-2H3. The number of ether oxygens (including phenoxy) is 1. The molecule has 0 amide bonds. The average Bonchev–Trinajstić information content (AvgIpc) is 2.39. The molecule has 0 aliphatic heterocycles. The molecule has 18 heavy (non-hydrogen) atoms. The predicted molar refractivity (Wildman–Crippen MR) is 68.6 cm³/mol. The molecule has 1 N–H and O–H groups in total. The first-order valence-electron chi connectivity index (χ1n) is 5.89. The van der Waals surface area contributed by atoms with Crippen LogP contribution in [0.3, 0.4) is 0 Å². The summed E-state index contributed by atoms with van der Waals surface area (Å²) in [5, 5.41) is 9.01. The molecule has 0 aliphatic rings. The molecular formula is C14H16N2O2. The maximum Gasteiger partial charge on any atom is 0.238 e. The van der Waals surface area contributed by atoms with Crippen LogP contribution in [0.2, 0.25) is 0 Å². The lowest BCUT2D eigenvalue weighted by molar-refractivity contribution is 0.274. The molecule has 0 fully saturated rings. The summed E-state index contributed by atoms with van der Waals surface area (Å²) in [6, 6.07) is 7.84. The number of aliphatic hydroxyl groups excluding tert-OH is 1. The third-order valence-corrected chi connectivity index (χ3v) is 2.58. The molecule has 0 bridgehead atoms. The van der Waals surface area contributed by atoms with Crippen molar-refractivity contribution in [3.05, 3.63) is 47.9 Å². The fourth-order valence-corrected chi connectivity index (χ4v) is 1.67. The smallest absolute Gasteiger partial charge is 0.238 e. The van der Waals surface area contributed by atoms with E-state index in [1.807, 2.05) is 24.3 Å². The first kappa shape index (κ1) is 12.5. The SMILES string of the molecule is CC(C)c1ccccc1Oc1cncc(CO)n1. The van der Waals surface area contributed by atoms with Gasteiger partial charge in [-0.2, -0.15) is 0 Å². The first-order chi connectivity index (χ1) is 8.70. The van der Waals surface area contributed by atoms with Crippen LogP contribution < -0.4 is 4.74 Å². The minimum atomic E-state index is -0.143. The molecule has 2 aromatic rings. The summed E-state index contributed by atoms with van der Waals surface area (Å²) < 4.78 is 5.73. The van der Waals surface area contributed by atoms with Crippen LogP contribution in [0.15, 0.2) is 36.7 Å². The maximum absolute atomic E-state index is 9.01. The van der Waals surface area contributed by atoms with Crippen molar-refractivity contribution >= 4 is 0 Å². The van der Waals surface area contributed by atoms with Crippen molar-refractivity contribution < 1.29 is 9.84 Å². The summed E-state index contributed by atoms with van der Waals surface area (Å²) in [5.74, 6) is 1.54. The third kappa shape index (κ3) is 2.84. The molecule has 4 nitrogen and oxygen atoms in total. The zero-order chi connectivity index (χ0) is 13.0. The van der Waals surface area contributed by atoms with Crippen molar-refractivity contribution in [1.29, 1.82) is 0 Å². The number of aliphatic hydroxyl groups is 1. The van der Waals surface area contributed by atoms with Crippen LogP contribution in [0.25, 0.3) is 0 Å². The van der Waals surface area contributed by atoms with Gasteiger partial charge in [0, 0.05) is 0 Å². The number of para-hydroxylation sites is 1. The van der Waals surface area contributed by atoms with E-state index >= 15 is 0 Å². The first-order valence-corrected chi connectivity index (χ1v) is 5.89. The van der Waals surface area contributed by atoms with E-state index in [1.165, 1.54) is 12.4 Å². The van der Waals surface area contributed by atoms with Gasteiger partial charge in [-0.25, -0.2) is 4.98 Å². The van der Waals surface area contributed by atoms with Crippen molar-refractivity contribution in [1.82, 2.24) is 9.97 Å². The van der Waals surface area contributed by atoms with Crippen molar-refractivity contribution in [2.75, 3.05) is 0 Å². The lowest BCUT2D eigenvalue weighted by Crippen LogP contribution is -1.97. The molecule has 94 valence electrons. The van der Waals surface area contributed by atoms with Gasteiger partial charge in [0.15, 0.2) is 0 Å². The monoisotopic (exact) mass is 244 g/mol. The summed E-state index contributed by atoms with van der Waals surface area (Å²) in [6.07, 6.45) is 3.05. The van der Waals surface area contributed by atoms with Gasteiger partial charge in [0.25, 0.3) is 0 Å². The second kappa shape index (κ2) is 5.60. The van der Waals surface area contributed by atoms with E-state index in [2.05, 4.69) is 23.8 Å². The summed E-state index contributed by atoms with van der Waals surface area (Å²) >= 11 is 0. The van der Waals surface area contributed by atoms with Gasteiger partial charge in [0.05, 0.1) is 24.7 Å². The van der Waals surface area contributed by atoms with E-state index in [9.17, 15) is 0 Å². The highest BCUT2D eigenvalue weighted by atomic mass is 16.5. The molecule has 0 saturated heterocycles. The van der Waals surface area contributed by atoms with Crippen LogP contribution in [0.1, 0.15) is 31.0 Å². The summed E-state index contributed by atoms with van der Waals surface area (Å²) in [6.45, 7) is 4.08. The van der Waals surface area contributed by atoms with Gasteiger partial charge in [0.2, 0.25) is 5.88 Å². The van der Waals surface area contributed by atoms with Gasteiger partial charge in [-0.1, -0.05) is 32.0 Å². The molecule has 0 aliphatic carbocycles. The van der Waals surface area contributed by atoms with Crippen LogP contribution in [0.4, 0.5) is 0 Å². The Hall–Kier alpha value is -1.94. The number of hydrogen-bond donors (Lipinski definition) is 1. The molecule has 0 radical (unpaired) electrons. The third-order valence-electron chi connectivity index (χ3n) is 2.58. The molecule has 1 heterocycles.